The molecule has 7 heteroatoms. The molecule has 5 nitrogen and oxygen atoms in total. The van der Waals surface area contributed by atoms with Gasteiger partial charge in [-0.2, -0.15) is 0 Å². The van der Waals surface area contributed by atoms with Gasteiger partial charge in [0.2, 0.25) is 0 Å². The molecule has 0 fully saturated rings. The molecule has 0 saturated carbocycles. The second-order valence-corrected chi connectivity index (χ2v) is 6.15. The Kier molecular flexibility index (Phi) is 5.48. The predicted molar refractivity (Wildman–Crippen MR) is 96.2 cm³/mol. The smallest absolute Gasteiger partial charge is 0.337 e. The lowest BCUT2D eigenvalue weighted by atomic mass is 10.2. The molecule has 0 atom stereocenters. The van der Waals surface area contributed by atoms with Gasteiger partial charge in [0.15, 0.2) is 11.5 Å². The van der Waals surface area contributed by atoms with Crippen LogP contribution in [0.2, 0.25) is 0 Å². The van der Waals surface area contributed by atoms with Crippen molar-refractivity contribution in [1.82, 2.24) is 4.98 Å². The maximum Gasteiger partial charge on any atom is 0.337 e. The Balaban J connectivity index is 1.71. The second kappa shape index (κ2) is 7.97. The van der Waals surface area contributed by atoms with E-state index in [1.807, 2.05) is 5.38 Å². The molecule has 0 aliphatic rings. The minimum absolute atomic E-state index is 0.242. The Hall–Kier alpha value is -2.93. The number of aromatic nitrogens is 1. The van der Waals surface area contributed by atoms with Gasteiger partial charge in [0.05, 0.1) is 25.5 Å². The second-order valence-electron chi connectivity index (χ2n) is 5.30. The van der Waals surface area contributed by atoms with Gasteiger partial charge in [0.1, 0.15) is 17.4 Å². The molecule has 26 heavy (non-hydrogen) atoms. The summed E-state index contributed by atoms with van der Waals surface area (Å²) in [5.74, 6) is 0.202. The summed E-state index contributed by atoms with van der Waals surface area (Å²) in [5, 5.41) is 2.67. The van der Waals surface area contributed by atoms with Gasteiger partial charge in [0, 0.05) is 10.9 Å². The number of nitrogens with zero attached hydrogens (tertiary/aromatic N) is 1. The normalized spacial score (nSPS) is 10.4. The number of ether oxygens (including phenoxy) is 3. The van der Waals surface area contributed by atoms with Crippen LogP contribution in [0.5, 0.6) is 11.5 Å². The highest BCUT2D eigenvalue weighted by molar-refractivity contribution is 7.13. The average Bonchev–Trinajstić information content (AvgIpc) is 3.15. The highest BCUT2D eigenvalue weighted by Crippen LogP contribution is 2.30. The van der Waals surface area contributed by atoms with E-state index in [1.165, 1.54) is 37.7 Å². The zero-order valence-corrected chi connectivity index (χ0v) is 15.0. The van der Waals surface area contributed by atoms with E-state index in [0.717, 1.165) is 16.3 Å². The summed E-state index contributed by atoms with van der Waals surface area (Å²) in [4.78, 5) is 16.1. The van der Waals surface area contributed by atoms with Crippen molar-refractivity contribution in [1.29, 1.82) is 0 Å². The van der Waals surface area contributed by atoms with Crippen LogP contribution < -0.4 is 9.47 Å². The first kappa shape index (κ1) is 17.9. The van der Waals surface area contributed by atoms with Gasteiger partial charge in [-0.15, -0.1) is 11.3 Å². The molecule has 1 aromatic heterocycles. The first-order valence-electron chi connectivity index (χ1n) is 7.70. The topological polar surface area (TPSA) is 57.7 Å². The largest absolute Gasteiger partial charge is 0.493 e. The Morgan fingerprint density at radius 1 is 1.12 bits per heavy atom. The molecule has 0 bridgehead atoms. The molecule has 3 aromatic rings. The van der Waals surface area contributed by atoms with E-state index in [9.17, 15) is 9.18 Å². The molecular weight excluding hydrogens is 357 g/mol. The highest BCUT2D eigenvalue weighted by atomic mass is 32.1. The average molecular weight is 373 g/mol. The first-order chi connectivity index (χ1) is 12.6. The van der Waals surface area contributed by atoms with Crippen molar-refractivity contribution < 1.29 is 23.4 Å². The summed E-state index contributed by atoms with van der Waals surface area (Å²) in [7, 11) is 2.82. The molecule has 0 saturated heterocycles. The van der Waals surface area contributed by atoms with Crippen LogP contribution >= 0.6 is 11.3 Å². The number of hydrogen-bond acceptors (Lipinski definition) is 6. The number of hydrogen-bond donors (Lipinski definition) is 0. The van der Waals surface area contributed by atoms with Gasteiger partial charge >= 0.3 is 5.97 Å². The molecule has 134 valence electrons. The van der Waals surface area contributed by atoms with Crippen LogP contribution in [-0.4, -0.2) is 25.2 Å². The molecule has 0 spiro atoms. The molecule has 0 amide bonds. The number of rotatable bonds is 6. The van der Waals surface area contributed by atoms with E-state index in [0.29, 0.717) is 17.1 Å². The molecule has 0 N–H and O–H groups in total. The number of halogens is 1. The van der Waals surface area contributed by atoms with Crippen LogP contribution in [0, 0.1) is 5.82 Å². The van der Waals surface area contributed by atoms with Crippen LogP contribution in [-0.2, 0) is 11.3 Å². The van der Waals surface area contributed by atoms with E-state index in [2.05, 4.69) is 9.72 Å². The van der Waals surface area contributed by atoms with Gasteiger partial charge in [-0.25, -0.2) is 14.2 Å². The van der Waals surface area contributed by atoms with Crippen molar-refractivity contribution in [3.8, 4) is 22.1 Å². The molecular formula is C19H16FNO4S. The third-order valence-electron chi connectivity index (χ3n) is 3.60. The lowest BCUT2D eigenvalue weighted by molar-refractivity contribution is 0.0600. The summed E-state index contributed by atoms with van der Waals surface area (Å²) in [6.45, 7) is 0.242. The third-order valence-corrected chi connectivity index (χ3v) is 4.54. The van der Waals surface area contributed by atoms with Crippen molar-refractivity contribution in [3.05, 3.63) is 64.9 Å². The van der Waals surface area contributed by atoms with Gasteiger partial charge in [0.25, 0.3) is 0 Å². The van der Waals surface area contributed by atoms with Gasteiger partial charge in [-0.1, -0.05) is 0 Å². The highest BCUT2D eigenvalue weighted by Gasteiger charge is 2.12. The van der Waals surface area contributed by atoms with Crippen molar-refractivity contribution in [2.45, 2.75) is 6.61 Å². The fraction of sp³-hybridized carbons (Fsp3) is 0.158. The lowest BCUT2D eigenvalue weighted by Crippen LogP contribution is -2.03. The van der Waals surface area contributed by atoms with E-state index in [-0.39, 0.29) is 12.4 Å². The van der Waals surface area contributed by atoms with Crippen LogP contribution in [0.1, 0.15) is 16.1 Å². The van der Waals surface area contributed by atoms with Crippen LogP contribution in [0.3, 0.4) is 0 Å². The minimum atomic E-state index is -0.446. The van der Waals surface area contributed by atoms with Crippen molar-refractivity contribution in [3.63, 3.8) is 0 Å². The maximum absolute atomic E-state index is 13.0. The summed E-state index contributed by atoms with van der Waals surface area (Å²) in [6, 6.07) is 11.0. The van der Waals surface area contributed by atoms with Gasteiger partial charge < -0.3 is 14.2 Å². The monoisotopic (exact) mass is 373 g/mol. The third kappa shape index (κ3) is 4.00. The van der Waals surface area contributed by atoms with Crippen LogP contribution in [0.25, 0.3) is 10.6 Å². The number of carbonyl (C=O) groups excluding carboxylic acids is 1. The molecule has 0 aliphatic carbocycles. The van der Waals surface area contributed by atoms with Crippen LogP contribution in [0.4, 0.5) is 4.39 Å². The molecule has 1 heterocycles. The molecule has 0 radical (unpaired) electrons. The first-order valence-corrected chi connectivity index (χ1v) is 8.58. The van der Waals surface area contributed by atoms with E-state index in [4.69, 9.17) is 9.47 Å². The van der Waals surface area contributed by atoms with Crippen LogP contribution in [0.15, 0.2) is 47.8 Å². The van der Waals surface area contributed by atoms with Crippen molar-refractivity contribution in [2.75, 3.05) is 14.2 Å². The number of benzene rings is 2. The predicted octanol–water partition coefficient (Wildman–Crippen LogP) is 4.32. The lowest BCUT2D eigenvalue weighted by Gasteiger charge is -2.10. The maximum atomic E-state index is 13.0. The SMILES string of the molecule is COC(=O)c1ccc(OCc2csc(-c3ccc(F)cc3)n2)c(OC)c1. The molecule has 0 unspecified atom stereocenters. The zero-order valence-electron chi connectivity index (χ0n) is 14.2. The number of esters is 1. The standard InChI is InChI=1S/C19H16FNO4S/c1-23-17-9-13(19(22)24-2)5-8-16(17)25-10-15-11-26-18(21-15)12-3-6-14(20)7-4-12/h3-9,11H,10H2,1-2H3. The summed E-state index contributed by atoms with van der Waals surface area (Å²) < 4.78 is 28.7. The summed E-state index contributed by atoms with van der Waals surface area (Å²) >= 11 is 1.46. The van der Waals surface area contributed by atoms with E-state index in [1.54, 1.807) is 30.3 Å². The van der Waals surface area contributed by atoms with E-state index >= 15 is 0 Å². The van der Waals surface area contributed by atoms with Crippen molar-refractivity contribution >= 4 is 17.3 Å². The Morgan fingerprint density at radius 2 is 1.88 bits per heavy atom. The Bertz CT molecular complexity index is 908. The quantitative estimate of drug-likeness (QED) is 0.602. The molecule has 0 aliphatic heterocycles. The summed E-state index contributed by atoms with van der Waals surface area (Å²) in [6.07, 6.45) is 0. The Labute approximate surface area is 154 Å². The minimum Gasteiger partial charge on any atom is -0.493 e. The number of carbonyl (C=O) groups is 1. The molecule has 2 aromatic carbocycles. The molecule has 3 rings (SSSR count). The summed E-state index contributed by atoms with van der Waals surface area (Å²) in [5.41, 5.74) is 1.97. The van der Waals surface area contributed by atoms with Crippen molar-refractivity contribution in [2.24, 2.45) is 0 Å². The fourth-order valence-corrected chi connectivity index (χ4v) is 3.09. The number of thiazole rings is 1. The fourth-order valence-electron chi connectivity index (χ4n) is 2.28. The van der Waals surface area contributed by atoms with Gasteiger partial charge in [-0.3, -0.25) is 0 Å². The Morgan fingerprint density at radius 3 is 2.58 bits per heavy atom. The van der Waals surface area contributed by atoms with Gasteiger partial charge in [-0.05, 0) is 42.5 Å². The van der Waals surface area contributed by atoms with E-state index < -0.39 is 5.97 Å². The zero-order chi connectivity index (χ0) is 18.5. The number of methoxy groups -OCH3 is 2.